The lowest BCUT2D eigenvalue weighted by Crippen LogP contribution is -2.51. The predicted octanol–water partition coefficient (Wildman–Crippen LogP) is 2.26. The fraction of sp³-hybridized carbons (Fsp3) is 0.615. The first kappa shape index (κ1) is 12.6. The summed E-state index contributed by atoms with van der Waals surface area (Å²) >= 11 is 1.53. The van der Waals surface area contributed by atoms with E-state index in [1.54, 1.807) is 0 Å². The summed E-state index contributed by atoms with van der Waals surface area (Å²) in [6, 6.07) is 2.21. The molecule has 1 aliphatic rings. The number of carbonyl (C=O) groups excluding carboxylic acids is 1. The van der Waals surface area contributed by atoms with Crippen LogP contribution in [0.15, 0.2) is 11.4 Å². The molecule has 1 aliphatic heterocycles. The third-order valence-electron chi connectivity index (χ3n) is 3.67. The molecule has 1 amide bonds. The van der Waals surface area contributed by atoms with E-state index in [2.05, 4.69) is 6.92 Å². The molecule has 2 unspecified atom stereocenters. The maximum atomic E-state index is 12.5. The number of likely N-dealkylation sites (tertiary alicyclic amines) is 1. The topological polar surface area (TPSA) is 46.3 Å². The quantitative estimate of drug-likeness (QED) is 0.877. The molecule has 0 saturated carbocycles. The summed E-state index contributed by atoms with van der Waals surface area (Å²) in [4.78, 5) is 15.3. The highest BCUT2D eigenvalue weighted by atomic mass is 32.1. The first-order valence-electron chi connectivity index (χ1n) is 6.20. The summed E-state index contributed by atoms with van der Waals surface area (Å²) in [5.41, 5.74) is 6.90. The highest BCUT2D eigenvalue weighted by Crippen LogP contribution is 2.26. The molecule has 0 bridgehead atoms. The summed E-state index contributed by atoms with van der Waals surface area (Å²) in [6.45, 7) is 5.60. The van der Waals surface area contributed by atoms with Gasteiger partial charge in [-0.05, 0) is 42.7 Å². The molecule has 1 aromatic heterocycles. The van der Waals surface area contributed by atoms with Gasteiger partial charge < -0.3 is 10.6 Å². The Morgan fingerprint density at radius 3 is 3.00 bits per heavy atom. The van der Waals surface area contributed by atoms with E-state index < -0.39 is 0 Å². The summed E-state index contributed by atoms with van der Waals surface area (Å²) in [5.74, 6) is 0.678. The molecule has 1 saturated heterocycles. The van der Waals surface area contributed by atoms with E-state index in [-0.39, 0.29) is 11.9 Å². The fourth-order valence-corrected chi connectivity index (χ4v) is 3.46. The van der Waals surface area contributed by atoms with Gasteiger partial charge in [-0.25, -0.2) is 0 Å². The van der Waals surface area contributed by atoms with Crippen molar-refractivity contribution in [2.45, 2.75) is 32.7 Å². The van der Waals surface area contributed by atoms with Crippen LogP contribution in [0, 0.1) is 12.8 Å². The summed E-state index contributed by atoms with van der Waals surface area (Å²) in [6.07, 6.45) is 2.27. The van der Waals surface area contributed by atoms with Crippen LogP contribution < -0.4 is 5.73 Å². The van der Waals surface area contributed by atoms with Crippen LogP contribution in [0.5, 0.6) is 0 Å². The third kappa shape index (κ3) is 2.38. The number of hydrogen-bond donors (Lipinski definition) is 1. The van der Waals surface area contributed by atoms with Crippen molar-refractivity contribution >= 4 is 17.2 Å². The average molecular weight is 252 g/mol. The fourth-order valence-electron chi connectivity index (χ4n) is 2.58. The highest BCUT2D eigenvalue weighted by molar-refractivity contribution is 7.12. The number of rotatable bonds is 2. The maximum Gasteiger partial charge on any atom is 0.264 e. The second-order valence-electron chi connectivity index (χ2n) is 4.85. The molecule has 2 N–H and O–H groups in total. The average Bonchev–Trinajstić information content (AvgIpc) is 2.74. The molecular weight excluding hydrogens is 232 g/mol. The zero-order chi connectivity index (χ0) is 12.4. The van der Waals surface area contributed by atoms with Crippen molar-refractivity contribution < 1.29 is 4.79 Å². The van der Waals surface area contributed by atoms with Crippen LogP contribution in [0.1, 0.15) is 35.0 Å². The van der Waals surface area contributed by atoms with Gasteiger partial charge in [-0.1, -0.05) is 6.92 Å². The lowest BCUT2D eigenvalue weighted by atomic mass is 9.90. The van der Waals surface area contributed by atoms with Crippen LogP contribution in [-0.2, 0) is 0 Å². The van der Waals surface area contributed by atoms with Gasteiger partial charge in [0.15, 0.2) is 0 Å². The van der Waals surface area contributed by atoms with Crippen LogP contribution in [-0.4, -0.2) is 29.9 Å². The monoisotopic (exact) mass is 252 g/mol. The molecule has 2 heterocycles. The molecule has 17 heavy (non-hydrogen) atoms. The number of hydrogen-bond acceptors (Lipinski definition) is 3. The van der Waals surface area contributed by atoms with Crippen molar-refractivity contribution in [3.63, 3.8) is 0 Å². The molecule has 1 aromatic rings. The van der Waals surface area contributed by atoms with Gasteiger partial charge in [0, 0.05) is 19.1 Å². The van der Waals surface area contributed by atoms with Crippen LogP contribution in [0.25, 0.3) is 0 Å². The van der Waals surface area contributed by atoms with E-state index >= 15 is 0 Å². The third-order valence-corrected chi connectivity index (χ3v) is 4.68. The van der Waals surface area contributed by atoms with Gasteiger partial charge in [0.25, 0.3) is 5.91 Å². The second kappa shape index (κ2) is 5.19. The minimum atomic E-state index is 0.166. The van der Waals surface area contributed by atoms with E-state index in [1.165, 1.54) is 17.8 Å². The number of carbonyl (C=O) groups is 1. The normalized spacial score (nSPS) is 25.0. The molecule has 0 spiro atoms. The van der Waals surface area contributed by atoms with Gasteiger partial charge in [0.05, 0.1) is 4.88 Å². The van der Waals surface area contributed by atoms with Gasteiger partial charge in [-0.15, -0.1) is 11.3 Å². The van der Waals surface area contributed by atoms with Crippen molar-refractivity contribution in [2.75, 3.05) is 13.1 Å². The van der Waals surface area contributed by atoms with E-state index in [4.69, 9.17) is 5.73 Å². The molecular formula is C13H20N2OS. The standard InChI is InChI=1S/C13H20N2OS/c1-9-4-3-6-15(11(9)8-14)13(16)12-10(2)5-7-17-12/h5,7,9,11H,3-4,6,8,14H2,1-2H3. The van der Waals surface area contributed by atoms with E-state index in [0.29, 0.717) is 12.5 Å². The van der Waals surface area contributed by atoms with Crippen LogP contribution >= 0.6 is 11.3 Å². The molecule has 0 aliphatic carbocycles. The van der Waals surface area contributed by atoms with Crippen molar-refractivity contribution in [1.82, 2.24) is 4.90 Å². The Hall–Kier alpha value is -0.870. The number of nitrogens with two attached hydrogens (primary N) is 1. The van der Waals surface area contributed by atoms with Crippen LogP contribution in [0.4, 0.5) is 0 Å². The summed E-state index contributed by atoms with van der Waals surface area (Å²) < 4.78 is 0. The lowest BCUT2D eigenvalue weighted by Gasteiger charge is -2.39. The van der Waals surface area contributed by atoms with Gasteiger partial charge in [0.2, 0.25) is 0 Å². The van der Waals surface area contributed by atoms with Crippen molar-refractivity contribution in [3.8, 4) is 0 Å². The number of aryl methyl sites for hydroxylation is 1. The summed E-state index contributed by atoms with van der Waals surface area (Å²) in [5, 5.41) is 1.98. The van der Waals surface area contributed by atoms with Crippen molar-refractivity contribution in [1.29, 1.82) is 0 Å². The highest BCUT2D eigenvalue weighted by Gasteiger charge is 2.32. The molecule has 94 valence electrons. The SMILES string of the molecule is Cc1ccsc1C(=O)N1CCCC(C)C1CN. The zero-order valence-corrected chi connectivity index (χ0v) is 11.3. The van der Waals surface area contributed by atoms with Crippen molar-refractivity contribution in [3.05, 3.63) is 21.9 Å². The Labute approximate surface area is 107 Å². The number of piperidine rings is 1. The summed E-state index contributed by atoms with van der Waals surface area (Å²) in [7, 11) is 0. The van der Waals surface area contributed by atoms with Gasteiger partial charge in [-0.3, -0.25) is 4.79 Å². The van der Waals surface area contributed by atoms with Crippen LogP contribution in [0.2, 0.25) is 0 Å². The molecule has 2 atom stereocenters. The molecule has 1 fully saturated rings. The van der Waals surface area contributed by atoms with Gasteiger partial charge >= 0.3 is 0 Å². The number of nitrogens with zero attached hydrogens (tertiary/aromatic N) is 1. The largest absolute Gasteiger partial charge is 0.333 e. The van der Waals surface area contributed by atoms with E-state index in [9.17, 15) is 4.79 Å². The molecule has 2 rings (SSSR count). The Morgan fingerprint density at radius 2 is 2.41 bits per heavy atom. The first-order chi connectivity index (χ1) is 8.15. The molecule has 0 radical (unpaired) electrons. The van der Waals surface area contributed by atoms with E-state index in [0.717, 1.165) is 23.4 Å². The molecule has 4 heteroatoms. The molecule has 3 nitrogen and oxygen atoms in total. The Balaban J connectivity index is 2.21. The van der Waals surface area contributed by atoms with Gasteiger partial charge in [-0.2, -0.15) is 0 Å². The first-order valence-corrected chi connectivity index (χ1v) is 7.08. The number of thiophene rings is 1. The van der Waals surface area contributed by atoms with E-state index in [1.807, 2.05) is 23.3 Å². The Kier molecular flexibility index (Phi) is 3.84. The molecule has 0 aromatic carbocycles. The second-order valence-corrected chi connectivity index (χ2v) is 5.77. The Bertz CT molecular complexity index is 402. The van der Waals surface area contributed by atoms with Gasteiger partial charge in [0.1, 0.15) is 0 Å². The minimum absolute atomic E-state index is 0.166. The lowest BCUT2D eigenvalue weighted by molar-refractivity contribution is 0.0537. The maximum absolute atomic E-state index is 12.5. The van der Waals surface area contributed by atoms with Crippen molar-refractivity contribution in [2.24, 2.45) is 11.7 Å². The Morgan fingerprint density at radius 1 is 1.65 bits per heavy atom. The zero-order valence-electron chi connectivity index (χ0n) is 10.5. The smallest absolute Gasteiger partial charge is 0.264 e. The predicted molar refractivity (Wildman–Crippen MR) is 71.3 cm³/mol. The van der Waals surface area contributed by atoms with Crippen LogP contribution in [0.3, 0.4) is 0 Å². The number of amides is 1. The minimum Gasteiger partial charge on any atom is -0.333 e.